The van der Waals surface area contributed by atoms with Gasteiger partial charge in [0.05, 0.1) is 10.4 Å². The highest BCUT2D eigenvalue weighted by Crippen LogP contribution is 2.32. The number of thioether (sulfide) groups is 1. The fourth-order valence-electron chi connectivity index (χ4n) is 1.93. The minimum atomic E-state index is -0.0455. The van der Waals surface area contributed by atoms with Gasteiger partial charge in [-0.1, -0.05) is 42.2 Å². The van der Waals surface area contributed by atoms with Crippen molar-refractivity contribution in [1.82, 2.24) is 9.88 Å². The summed E-state index contributed by atoms with van der Waals surface area (Å²) in [6, 6.07) is 9.78. The van der Waals surface area contributed by atoms with E-state index in [1.807, 2.05) is 36.4 Å². The summed E-state index contributed by atoms with van der Waals surface area (Å²) in [5.74, 6) is -0.0455. The van der Waals surface area contributed by atoms with Gasteiger partial charge in [-0.2, -0.15) is 0 Å². The number of hydrogen-bond acceptors (Lipinski definition) is 4. The highest BCUT2D eigenvalue weighted by atomic mass is 32.2. The van der Waals surface area contributed by atoms with Crippen molar-refractivity contribution in [2.45, 2.75) is 0 Å². The number of amides is 1. The van der Waals surface area contributed by atoms with Crippen LogP contribution in [0.4, 0.5) is 0 Å². The Morgan fingerprint density at radius 3 is 2.84 bits per heavy atom. The van der Waals surface area contributed by atoms with Crippen LogP contribution in [-0.4, -0.2) is 27.2 Å². The van der Waals surface area contributed by atoms with E-state index in [1.165, 1.54) is 16.7 Å². The molecule has 0 saturated carbocycles. The number of rotatable bonds is 1. The zero-order valence-electron chi connectivity index (χ0n) is 10.2. The maximum atomic E-state index is 12.0. The van der Waals surface area contributed by atoms with E-state index < -0.39 is 0 Å². The van der Waals surface area contributed by atoms with Gasteiger partial charge in [-0.25, -0.2) is 0 Å². The third-order valence-corrected chi connectivity index (χ3v) is 4.44. The van der Waals surface area contributed by atoms with Crippen LogP contribution in [0.25, 0.3) is 17.0 Å². The minimum absolute atomic E-state index is 0.0455. The van der Waals surface area contributed by atoms with E-state index in [0.717, 1.165) is 16.5 Å². The lowest BCUT2D eigenvalue weighted by atomic mass is 10.1. The van der Waals surface area contributed by atoms with Crippen LogP contribution in [0, 0.1) is 0 Å². The predicted molar refractivity (Wildman–Crippen MR) is 82.7 cm³/mol. The Morgan fingerprint density at radius 1 is 1.32 bits per heavy atom. The SMILES string of the molecule is CN1C(=O)C(=Cc2ccnc3ccccc23)SC1=S. The summed E-state index contributed by atoms with van der Waals surface area (Å²) in [4.78, 5) is 18.4. The third kappa shape index (κ3) is 2.15. The molecule has 0 spiro atoms. The molecule has 0 radical (unpaired) electrons. The highest BCUT2D eigenvalue weighted by molar-refractivity contribution is 8.26. The number of carbonyl (C=O) groups excluding carboxylic acids is 1. The van der Waals surface area contributed by atoms with E-state index in [4.69, 9.17) is 12.2 Å². The van der Waals surface area contributed by atoms with Gasteiger partial charge in [-0.15, -0.1) is 0 Å². The molecule has 0 N–H and O–H groups in total. The van der Waals surface area contributed by atoms with E-state index in [-0.39, 0.29) is 5.91 Å². The first-order valence-electron chi connectivity index (χ1n) is 5.72. The Kier molecular flexibility index (Phi) is 3.08. The van der Waals surface area contributed by atoms with Crippen LogP contribution >= 0.6 is 24.0 Å². The topological polar surface area (TPSA) is 33.2 Å². The van der Waals surface area contributed by atoms with Crippen molar-refractivity contribution in [3.8, 4) is 0 Å². The molecule has 0 unspecified atom stereocenters. The number of pyridine rings is 1. The van der Waals surface area contributed by atoms with Gasteiger partial charge < -0.3 is 0 Å². The molecule has 1 aromatic heterocycles. The molecule has 1 aliphatic rings. The molecule has 19 heavy (non-hydrogen) atoms. The number of fused-ring (bicyclic) bond motifs is 1. The molecule has 5 heteroatoms. The van der Waals surface area contributed by atoms with E-state index in [2.05, 4.69) is 4.98 Å². The molecular formula is C14H10N2OS2. The fraction of sp³-hybridized carbons (Fsp3) is 0.0714. The molecule has 1 amide bonds. The van der Waals surface area contributed by atoms with Gasteiger partial charge in [0.2, 0.25) is 0 Å². The van der Waals surface area contributed by atoms with Crippen molar-refractivity contribution in [2.24, 2.45) is 0 Å². The number of carbonyl (C=O) groups is 1. The van der Waals surface area contributed by atoms with Crippen LogP contribution in [0.15, 0.2) is 41.4 Å². The van der Waals surface area contributed by atoms with Crippen LogP contribution in [0.1, 0.15) is 5.56 Å². The average Bonchev–Trinajstić information content (AvgIpc) is 2.67. The molecule has 2 aromatic rings. The molecule has 0 bridgehead atoms. The molecule has 0 aliphatic carbocycles. The molecular weight excluding hydrogens is 276 g/mol. The Bertz CT molecular complexity index is 719. The summed E-state index contributed by atoms with van der Waals surface area (Å²) in [5.41, 5.74) is 1.91. The maximum Gasteiger partial charge on any atom is 0.265 e. The van der Waals surface area contributed by atoms with E-state index >= 15 is 0 Å². The van der Waals surface area contributed by atoms with E-state index in [1.54, 1.807) is 13.2 Å². The lowest BCUT2D eigenvalue weighted by Crippen LogP contribution is -2.22. The van der Waals surface area contributed by atoms with Crippen molar-refractivity contribution in [2.75, 3.05) is 7.05 Å². The molecule has 1 saturated heterocycles. The van der Waals surface area contributed by atoms with Gasteiger partial charge in [0.25, 0.3) is 5.91 Å². The summed E-state index contributed by atoms with van der Waals surface area (Å²) in [5, 5.41) is 1.03. The average molecular weight is 286 g/mol. The zero-order chi connectivity index (χ0) is 13.4. The second-order valence-corrected chi connectivity index (χ2v) is 5.83. The van der Waals surface area contributed by atoms with Crippen molar-refractivity contribution < 1.29 is 4.79 Å². The molecule has 0 atom stereocenters. The van der Waals surface area contributed by atoms with Gasteiger partial charge in [-0.3, -0.25) is 14.7 Å². The molecule has 3 nitrogen and oxygen atoms in total. The van der Waals surface area contributed by atoms with Gasteiger partial charge in [0, 0.05) is 18.6 Å². The fourth-order valence-corrected chi connectivity index (χ4v) is 3.10. The summed E-state index contributed by atoms with van der Waals surface area (Å²) < 4.78 is 0.592. The van der Waals surface area contributed by atoms with Crippen molar-refractivity contribution in [3.05, 3.63) is 47.0 Å². The molecule has 1 aliphatic heterocycles. The number of nitrogens with zero attached hydrogens (tertiary/aromatic N) is 2. The Morgan fingerprint density at radius 2 is 2.11 bits per heavy atom. The predicted octanol–water partition coefficient (Wildman–Crippen LogP) is 3.07. The zero-order valence-corrected chi connectivity index (χ0v) is 11.8. The van der Waals surface area contributed by atoms with Crippen LogP contribution in [-0.2, 0) is 4.79 Å². The lowest BCUT2D eigenvalue weighted by Gasteiger charge is -2.04. The van der Waals surface area contributed by atoms with Crippen LogP contribution in [0.3, 0.4) is 0 Å². The Labute approximate surface area is 120 Å². The van der Waals surface area contributed by atoms with Crippen molar-refractivity contribution in [1.29, 1.82) is 0 Å². The number of para-hydroxylation sites is 1. The van der Waals surface area contributed by atoms with Gasteiger partial charge in [0.1, 0.15) is 4.32 Å². The normalized spacial score (nSPS) is 17.7. The summed E-state index contributed by atoms with van der Waals surface area (Å²) in [7, 11) is 1.70. The first-order valence-corrected chi connectivity index (χ1v) is 6.94. The Balaban J connectivity index is 2.12. The number of hydrogen-bond donors (Lipinski definition) is 0. The lowest BCUT2D eigenvalue weighted by molar-refractivity contribution is -0.121. The summed E-state index contributed by atoms with van der Waals surface area (Å²) in [6.45, 7) is 0. The van der Waals surface area contributed by atoms with Crippen LogP contribution < -0.4 is 0 Å². The van der Waals surface area contributed by atoms with Crippen LogP contribution in [0.5, 0.6) is 0 Å². The second kappa shape index (κ2) is 4.75. The van der Waals surface area contributed by atoms with E-state index in [9.17, 15) is 4.79 Å². The summed E-state index contributed by atoms with van der Waals surface area (Å²) >= 11 is 6.46. The first kappa shape index (κ1) is 12.3. The van der Waals surface area contributed by atoms with Crippen LogP contribution in [0.2, 0.25) is 0 Å². The maximum absolute atomic E-state index is 12.0. The standard InChI is InChI=1S/C14H10N2OS2/c1-16-13(17)12(19-14(16)18)8-9-6-7-15-11-5-3-2-4-10(9)11/h2-8H,1H3. The summed E-state index contributed by atoms with van der Waals surface area (Å²) in [6.07, 6.45) is 3.63. The number of aromatic nitrogens is 1. The molecule has 3 rings (SSSR count). The Hall–Kier alpha value is -1.72. The van der Waals surface area contributed by atoms with Gasteiger partial charge in [0.15, 0.2) is 0 Å². The van der Waals surface area contributed by atoms with E-state index in [0.29, 0.717) is 9.23 Å². The minimum Gasteiger partial charge on any atom is -0.296 e. The number of thiocarbonyl (C=S) groups is 1. The monoisotopic (exact) mass is 286 g/mol. The smallest absolute Gasteiger partial charge is 0.265 e. The number of likely N-dealkylation sites (N-methyl/N-ethyl adjacent to an activating group) is 1. The molecule has 2 heterocycles. The molecule has 94 valence electrons. The number of benzene rings is 1. The highest BCUT2D eigenvalue weighted by Gasteiger charge is 2.28. The third-order valence-electron chi connectivity index (χ3n) is 2.96. The van der Waals surface area contributed by atoms with Gasteiger partial charge >= 0.3 is 0 Å². The first-order chi connectivity index (χ1) is 9.16. The molecule has 1 fully saturated rings. The largest absolute Gasteiger partial charge is 0.296 e. The second-order valence-electron chi connectivity index (χ2n) is 4.16. The van der Waals surface area contributed by atoms with Crippen molar-refractivity contribution in [3.63, 3.8) is 0 Å². The van der Waals surface area contributed by atoms with Gasteiger partial charge in [-0.05, 0) is 23.8 Å². The molecule has 1 aromatic carbocycles. The van der Waals surface area contributed by atoms with Crippen molar-refractivity contribution >= 4 is 51.2 Å². The quantitative estimate of drug-likeness (QED) is 0.596.